The summed E-state index contributed by atoms with van der Waals surface area (Å²) in [7, 11) is 0. The summed E-state index contributed by atoms with van der Waals surface area (Å²) in [6.45, 7) is 5.07. The van der Waals surface area contributed by atoms with Gasteiger partial charge in [0.15, 0.2) is 0 Å². The van der Waals surface area contributed by atoms with Crippen molar-refractivity contribution < 1.29 is 14.3 Å². The van der Waals surface area contributed by atoms with Gasteiger partial charge in [0.05, 0.1) is 6.04 Å². The molecule has 0 saturated carbocycles. The van der Waals surface area contributed by atoms with Crippen LogP contribution >= 0.6 is 0 Å². The number of ether oxygens (including phenoxy) is 1. The summed E-state index contributed by atoms with van der Waals surface area (Å²) in [6, 6.07) is 6.39. The minimum Gasteiger partial charge on any atom is -0.444 e. The Balaban J connectivity index is 3.03. The first-order valence-corrected chi connectivity index (χ1v) is 6.62. The Morgan fingerprint density at radius 2 is 1.91 bits per heavy atom. The molecule has 8 heteroatoms. The Bertz CT molecular complexity index is 576. The highest BCUT2D eigenvalue weighted by Crippen LogP contribution is 2.22. The van der Waals surface area contributed by atoms with E-state index in [2.05, 4.69) is 15.3 Å². The molecule has 0 saturated heterocycles. The van der Waals surface area contributed by atoms with Gasteiger partial charge in [0.25, 0.3) is 0 Å². The van der Waals surface area contributed by atoms with E-state index in [4.69, 9.17) is 16.0 Å². The second-order valence-corrected chi connectivity index (χ2v) is 5.59. The molecule has 1 rings (SSSR count). The molecule has 0 bridgehead atoms. The van der Waals surface area contributed by atoms with Gasteiger partial charge in [0.2, 0.25) is 5.91 Å². The van der Waals surface area contributed by atoms with Gasteiger partial charge >= 0.3 is 6.09 Å². The zero-order valence-electron chi connectivity index (χ0n) is 12.7. The van der Waals surface area contributed by atoms with Gasteiger partial charge < -0.3 is 15.8 Å². The zero-order valence-corrected chi connectivity index (χ0v) is 12.7. The predicted octanol–water partition coefficient (Wildman–Crippen LogP) is 2.42. The third-order valence-corrected chi connectivity index (χ3v) is 2.61. The average Bonchev–Trinajstić information content (AvgIpc) is 2.41. The minimum atomic E-state index is -1.21. The van der Waals surface area contributed by atoms with Crippen LogP contribution in [0.3, 0.4) is 0 Å². The van der Waals surface area contributed by atoms with Crippen molar-refractivity contribution >= 4 is 12.0 Å². The van der Waals surface area contributed by atoms with Crippen LogP contribution in [0.15, 0.2) is 35.4 Å². The number of alkyl carbamates (subject to hydrolysis) is 1. The number of nitrogens with one attached hydrogen (secondary N) is 1. The average molecular weight is 305 g/mol. The van der Waals surface area contributed by atoms with E-state index >= 15 is 0 Å². The van der Waals surface area contributed by atoms with Crippen LogP contribution in [0.5, 0.6) is 0 Å². The summed E-state index contributed by atoms with van der Waals surface area (Å²) < 4.78 is 5.09. The topological polar surface area (TPSA) is 130 Å². The van der Waals surface area contributed by atoms with Crippen LogP contribution in [0.2, 0.25) is 0 Å². The van der Waals surface area contributed by atoms with Crippen molar-refractivity contribution in [3.63, 3.8) is 0 Å². The monoisotopic (exact) mass is 305 g/mol. The summed E-state index contributed by atoms with van der Waals surface area (Å²) in [6.07, 6.45) is -0.814. The lowest BCUT2D eigenvalue weighted by Gasteiger charge is -2.25. The molecular formula is C14H19N5O3. The first kappa shape index (κ1) is 17.3. The number of amides is 2. The second-order valence-electron chi connectivity index (χ2n) is 5.59. The summed E-state index contributed by atoms with van der Waals surface area (Å²) >= 11 is 0. The quantitative estimate of drug-likeness (QED) is 0.492. The SMILES string of the molecule is CC(C)(C)OC(=O)N[C@@H](C(N)=O)[C@H](N=[N+]=[N-])c1ccccc1. The predicted molar refractivity (Wildman–Crippen MR) is 80.7 cm³/mol. The third-order valence-electron chi connectivity index (χ3n) is 2.61. The molecule has 3 N–H and O–H groups in total. The molecule has 0 aromatic heterocycles. The van der Waals surface area contributed by atoms with Crippen molar-refractivity contribution in [3.05, 3.63) is 46.3 Å². The van der Waals surface area contributed by atoms with Crippen molar-refractivity contribution in [2.45, 2.75) is 38.5 Å². The number of nitrogens with two attached hydrogens (primary N) is 1. The Hall–Kier alpha value is -2.73. The van der Waals surface area contributed by atoms with Crippen molar-refractivity contribution in [2.24, 2.45) is 10.8 Å². The highest BCUT2D eigenvalue weighted by atomic mass is 16.6. The van der Waals surface area contributed by atoms with E-state index in [9.17, 15) is 9.59 Å². The molecule has 22 heavy (non-hydrogen) atoms. The number of benzene rings is 1. The van der Waals surface area contributed by atoms with E-state index in [1.54, 1.807) is 51.1 Å². The van der Waals surface area contributed by atoms with Gasteiger partial charge in [0.1, 0.15) is 11.6 Å². The summed E-state index contributed by atoms with van der Waals surface area (Å²) in [5.74, 6) is -0.827. The smallest absolute Gasteiger partial charge is 0.408 e. The number of hydrogen-bond donors (Lipinski definition) is 2. The van der Waals surface area contributed by atoms with Gasteiger partial charge in [-0.2, -0.15) is 0 Å². The molecule has 2 amide bonds. The molecule has 0 aliphatic rings. The summed E-state index contributed by atoms with van der Waals surface area (Å²) in [5.41, 5.74) is 13.9. The van der Waals surface area contributed by atoms with E-state index in [1.807, 2.05) is 0 Å². The standard InChI is InChI=1S/C14H19N5O3/c1-14(2,3)22-13(21)17-11(12(15)20)10(18-19-16)9-7-5-4-6-8-9/h4-8,10-11H,1-3H3,(H2,15,20)(H,17,21)/t10-,11-/m1/s1. The number of rotatable bonds is 5. The lowest BCUT2D eigenvalue weighted by Crippen LogP contribution is -2.49. The summed E-state index contributed by atoms with van der Waals surface area (Å²) in [4.78, 5) is 26.2. The Morgan fingerprint density at radius 1 is 1.32 bits per heavy atom. The molecule has 118 valence electrons. The first-order valence-electron chi connectivity index (χ1n) is 6.62. The van der Waals surface area contributed by atoms with Gasteiger partial charge in [-0.25, -0.2) is 4.79 Å². The molecular weight excluding hydrogens is 286 g/mol. The maximum absolute atomic E-state index is 11.8. The Labute approximate surface area is 128 Å². The van der Waals surface area contributed by atoms with Crippen LogP contribution in [0.25, 0.3) is 10.4 Å². The van der Waals surface area contributed by atoms with Crippen molar-refractivity contribution in [2.75, 3.05) is 0 Å². The Morgan fingerprint density at radius 3 is 2.36 bits per heavy atom. The molecule has 1 aromatic rings. The van der Waals surface area contributed by atoms with Crippen LogP contribution in [0.1, 0.15) is 32.4 Å². The van der Waals surface area contributed by atoms with E-state index in [-0.39, 0.29) is 0 Å². The fourth-order valence-electron chi connectivity index (χ4n) is 1.77. The second kappa shape index (κ2) is 7.33. The number of carbonyl (C=O) groups is 2. The molecule has 8 nitrogen and oxygen atoms in total. The van der Waals surface area contributed by atoms with E-state index in [1.165, 1.54) is 0 Å². The maximum atomic E-state index is 11.8. The molecule has 0 heterocycles. The first-order chi connectivity index (χ1) is 10.2. The molecule has 0 radical (unpaired) electrons. The van der Waals surface area contributed by atoms with Gasteiger partial charge in [-0.1, -0.05) is 35.4 Å². The Kier molecular flexibility index (Phi) is 5.77. The molecule has 0 aliphatic heterocycles. The van der Waals surface area contributed by atoms with E-state index < -0.39 is 29.7 Å². The largest absolute Gasteiger partial charge is 0.444 e. The van der Waals surface area contributed by atoms with E-state index in [0.29, 0.717) is 5.56 Å². The summed E-state index contributed by atoms with van der Waals surface area (Å²) in [5, 5.41) is 5.93. The maximum Gasteiger partial charge on any atom is 0.408 e. The van der Waals surface area contributed by atoms with Gasteiger partial charge in [-0.3, -0.25) is 4.79 Å². The molecule has 0 unspecified atom stereocenters. The van der Waals surface area contributed by atoms with Crippen LogP contribution in [0.4, 0.5) is 4.79 Å². The van der Waals surface area contributed by atoms with Gasteiger partial charge in [0, 0.05) is 4.91 Å². The number of azide groups is 1. The van der Waals surface area contributed by atoms with Crippen LogP contribution < -0.4 is 11.1 Å². The molecule has 0 fully saturated rings. The number of nitrogens with zero attached hydrogens (tertiary/aromatic N) is 3. The van der Waals surface area contributed by atoms with Crippen LogP contribution in [-0.2, 0) is 9.53 Å². The fraction of sp³-hybridized carbons (Fsp3) is 0.429. The molecule has 0 spiro atoms. The number of hydrogen-bond acceptors (Lipinski definition) is 4. The van der Waals surface area contributed by atoms with Crippen molar-refractivity contribution in [1.29, 1.82) is 0 Å². The van der Waals surface area contributed by atoms with Crippen molar-refractivity contribution in [1.82, 2.24) is 5.32 Å². The van der Waals surface area contributed by atoms with Gasteiger partial charge in [-0.05, 0) is 31.9 Å². The molecule has 1 aromatic carbocycles. The minimum absolute atomic E-state index is 0.556. The molecule has 2 atom stereocenters. The van der Waals surface area contributed by atoms with Crippen LogP contribution in [-0.4, -0.2) is 23.6 Å². The van der Waals surface area contributed by atoms with Crippen molar-refractivity contribution in [3.8, 4) is 0 Å². The van der Waals surface area contributed by atoms with E-state index in [0.717, 1.165) is 0 Å². The highest BCUT2D eigenvalue weighted by molar-refractivity contribution is 5.85. The number of carbonyl (C=O) groups excluding carboxylic acids is 2. The lowest BCUT2D eigenvalue weighted by atomic mass is 10.00. The zero-order chi connectivity index (χ0) is 16.8. The third kappa shape index (κ3) is 5.34. The molecule has 0 aliphatic carbocycles. The van der Waals surface area contributed by atoms with Crippen LogP contribution in [0, 0.1) is 0 Å². The highest BCUT2D eigenvalue weighted by Gasteiger charge is 2.30. The fourth-order valence-corrected chi connectivity index (χ4v) is 1.77. The number of primary amides is 1. The lowest BCUT2D eigenvalue weighted by molar-refractivity contribution is -0.120. The van der Waals surface area contributed by atoms with Gasteiger partial charge in [-0.15, -0.1) is 0 Å². The normalized spacial score (nSPS) is 13.4.